The molecule has 2 fully saturated rings. The number of nitrogens with zero attached hydrogens (tertiary/aromatic N) is 4. The third-order valence-electron chi connectivity index (χ3n) is 5.59. The van der Waals surface area contributed by atoms with Crippen molar-refractivity contribution >= 4 is 39.0 Å². The van der Waals surface area contributed by atoms with Crippen molar-refractivity contribution < 1.29 is 0 Å². The van der Waals surface area contributed by atoms with Crippen molar-refractivity contribution in [2.24, 2.45) is 0 Å². The number of nitrogens with one attached hydrogen (secondary N) is 3. The SMILES string of the molecule is c1nc2ccc(Nc3nnc(C4CCCC4)s3)nc2cc1NC1CCCNC1. The van der Waals surface area contributed by atoms with E-state index in [9.17, 15) is 0 Å². The van der Waals surface area contributed by atoms with E-state index in [4.69, 9.17) is 4.98 Å². The first-order valence-electron chi connectivity index (χ1n) is 10.2. The zero-order valence-electron chi connectivity index (χ0n) is 15.8. The van der Waals surface area contributed by atoms with Crippen molar-refractivity contribution in [1.82, 2.24) is 25.5 Å². The second kappa shape index (κ2) is 7.97. The summed E-state index contributed by atoms with van der Waals surface area (Å²) in [6.07, 6.45) is 9.36. The van der Waals surface area contributed by atoms with Crippen LogP contribution in [0.2, 0.25) is 0 Å². The Labute approximate surface area is 168 Å². The van der Waals surface area contributed by atoms with Gasteiger partial charge in [0.2, 0.25) is 5.13 Å². The third-order valence-corrected chi connectivity index (χ3v) is 6.59. The highest BCUT2D eigenvalue weighted by molar-refractivity contribution is 7.15. The maximum atomic E-state index is 4.74. The second-order valence-electron chi connectivity index (χ2n) is 7.70. The molecule has 3 aromatic rings. The first-order chi connectivity index (χ1) is 13.8. The molecule has 1 unspecified atom stereocenters. The van der Waals surface area contributed by atoms with E-state index in [0.717, 1.165) is 45.8 Å². The number of hydrogen-bond donors (Lipinski definition) is 3. The van der Waals surface area contributed by atoms with Crippen molar-refractivity contribution in [1.29, 1.82) is 0 Å². The highest BCUT2D eigenvalue weighted by Gasteiger charge is 2.21. The van der Waals surface area contributed by atoms with Gasteiger partial charge in [0.1, 0.15) is 10.8 Å². The summed E-state index contributed by atoms with van der Waals surface area (Å²) >= 11 is 1.65. The van der Waals surface area contributed by atoms with Crippen molar-refractivity contribution in [3.8, 4) is 0 Å². The number of pyridine rings is 2. The summed E-state index contributed by atoms with van der Waals surface area (Å²) in [7, 11) is 0. The van der Waals surface area contributed by atoms with E-state index < -0.39 is 0 Å². The van der Waals surface area contributed by atoms with Gasteiger partial charge in [-0.05, 0) is 50.4 Å². The molecule has 0 spiro atoms. The van der Waals surface area contributed by atoms with Gasteiger partial charge in [0, 0.05) is 18.5 Å². The van der Waals surface area contributed by atoms with Crippen LogP contribution >= 0.6 is 11.3 Å². The molecule has 4 heterocycles. The van der Waals surface area contributed by atoms with E-state index in [-0.39, 0.29) is 0 Å². The van der Waals surface area contributed by atoms with E-state index in [0.29, 0.717) is 12.0 Å². The predicted molar refractivity (Wildman–Crippen MR) is 113 cm³/mol. The lowest BCUT2D eigenvalue weighted by Crippen LogP contribution is -2.38. The van der Waals surface area contributed by atoms with Gasteiger partial charge < -0.3 is 16.0 Å². The molecule has 1 aliphatic heterocycles. The van der Waals surface area contributed by atoms with E-state index in [1.165, 1.54) is 38.5 Å². The summed E-state index contributed by atoms with van der Waals surface area (Å²) in [6.45, 7) is 2.10. The van der Waals surface area contributed by atoms with Crippen LogP contribution in [-0.2, 0) is 0 Å². The summed E-state index contributed by atoms with van der Waals surface area (Å²) in [6, 6.07) is 6.47. The third kappa shape index (κ3) is 3.93. The molecule has 1 saturated heterocycles. The zero-order valence-corrected chi connectivity index (χ0v) is 16.6. The van der Waals surface area contributed by atoms with Crippen LogP contribution in [0, 0.1) is 0 Å². The molecular weight excluding hydrogens is 370 g/mol. The maximum Gasteiger partial charge on any atom is 0.211 e. The Kier molecular flexibility index (Phi) is 5.05. The number of anilines is 3. The van der Waals surface area contributed by atoms with E-state index >= 15 is 0 Å². The van der Waals surface area contributed by atoms with Crippen molar-refractivity contribution in [2.45, 2.75) is 50.5 Å². The minimum atomic E-state index is 0.449. The Morgan fingerprint density at radius 1 is 1.04 bits per heavy atom. The zero-order chi connectivity index (χ0) is 18.8. The average Bonchev–Trinajstić information content (AvgIpc) is 3.40. The summed E-state index contributed by atoms with van der Waals surface area (Å²) in [4.78, 5) is 9.29. The smallest absolute Gasteiger partial charge is 0.211 e. The molecule has 28 heavy (non-hydrogen) atoms. The quantitative estimate of drug-likeness (QED) is 0.601. The normalized spacial score (nSPS) is 20.5. The highest BCUT2D eigenvalue weighted by atomic mass is 32.1. The van der Waals surface area contributed by atoms with Gasteiger partial charge in [-0.1, -0.05) is 24.2 Å². The number of fused-ring (bicyclic) bond motifs is 1. The molecule has 3 N–H and O–H groups in total. The minimum Gasteiger partial charge on any atom is -0.380 e. The summed E-state index contributed by atoms with van der Waals surface area (Å²) in [5, 5.41) is 21.0. The monoisotopic (exact) mass is 395 g/mol. The lowest BCUT2D eigenvalue weighted by Gasteiger charge is -2.24. The number of piperidine rings is 1. The average molecular weight is 396 g/mol. The molecule has 146 valence electrons. The second-order valence-corrected chi connectivity index (χ2v) is 8.71. The first-order valence-corrected chi connectivity index (χ1v) is 11.0. The Morgan fingerprint density at radius 2 is 1.96 bits per heavy atom. The van der Waals surface area contributed by atoms with Gasteiger partial charge in [-0.15, -0.1) is 10.2 Å². The van der Waals surface area contributed by atoms with Gasteiger partial charge in [0.25, 0.3) is 0 Å². The van der Waals surface area contributed by atoms with E-state index in [2.05, 4.69) is 37.2 Å². The fourth-order valence-electron chi connectivity index (χ4n) is 4.10. The molecule has 0 amide bonds. The molecule has 0 bridgehead atoms. The van der Waals surface area contributed by atoms with Gasteiger partial charge in [-0.3, -0.25) is 4.98 Å². The molecule has 5 rings (SSSR count). The topological polar surface area (TPSA) is 87.7 Å². The number of aromatic nitrogens is 4. The van der Waals surface area contributed by atoms with E-state index in [1.54, 1.807) is 11.3 Å². The van der Waals surface area contributed by atoms with Gasteiger partial charge >= 0.3 is 0 Å². The van der Waals surface area contributed by atoms with Crippen LogP contribution in [0.25, 0.3) is 11.0 Å². The molecule has 8 heteroatoms. The molecule has 2 aliphatic rings. The van der Waals surface area contributed by atoms with Crippen LogP contribution in [0.4, 0.5) is 16.6 Å². The van der Waals surface area contributed by atoms with Crippen LogP contribution in [0.3, 0.4) is 0 Å². The lowest BCUT2D eigenvalue weighted by atomic mass is 10.1. The minimum absolute atomic E-state index is 0.449. The first kappa shape index (κ1) is 17.8. The van der Waals surface area contributed by atoms with E-state index in [1.807, 2.05) is 18.3 Å². The summed E-state index contributed by atoms with van der Waals surface area (Å²) < 4.78 is 0. The van der Waals surface area contributed by atoms with Crippen LogP contribution in [0.15, 0.2) is 24.4 Å². The van der Waals surface area contributed by atoms with Crippen molar-refractivity contribution in [2.75, 3.05) is 23.7 Å². The van der Waals surface area contributed by atoms with Gasteiger partial charge in [0.05, 0.1) is 22.9 Å². The van der Waals surface area contributed by atoms with Crippen LogP contribution in [-0.4, -0.2) is 39.3 Å². The summed E-state index contributed by atoms with van der Waals surface area (Å²) in [5.41, 5.74) is 2.78. The van der Waals surface area contributed by atoms with Crippen LogP contribution < -0.4 is 16.0 Å². The highest BCUT2D eigenvalue weighted by Crippen LogP contribution is 2.36. The van der Waals surface area contributed by atoms with Crippen molar-refractivity contribution in [3.05, 3.63) is 29.4 Å². The molecule has 7 nitrogen and oxygen atoms in total. The molecule has 0 radical (unpaired) electrons. The summed E-state index contributed by atoms with van der Waals surface area (Å²) in [5.74, 6) is 1.37. The lowest BCUT2D eigenvalue weighted by molar-refractivity contribution is 0.480. The Bertz CT molecular complexity index is 945. The standard InChI is InChI=1S/C20H25N7S/c1-2-5-13(4-1)19-26-27-20(28-19)25-18-8-7-16-17(24-18)10-15(12-22-16)23-14-6-3-9-21-11-14/h7-8,10,12-14,21,23H,1-6,9,11H2,(H,24,25,27). The van der Waals surface area contributed by atoms with Crippen molar-refractivity contribution in [3.63, 3.8) is 0 Å². The Balaban J connectivity index is 1.32. The molecule has 1 atom stereocenters. The fraction of sp³-hybridized carbons (Fsp3) is 0.500. The van der Waals surface area contributed by atoms with Gasteiger partial charge in [-0.25, -0.2) is 4.98 Å². The molecule has 1 aliphatic carbocycles. The number of hydrogen-bond acceptors (Lipinski definition) is 8. The molecule has 0 aromatic carbocycles. The number of rotatable bonds is 5. The van der Waals surface area contributed by atoms with Crippen LogP contribution in [0.5, 0.6) is 0 Å². The molecular formula is C20H25N7S. The maximum absolute atomic E-state index is 4.74. The van der Waals surface area contributed by atoms with Gasteiger partial charge in [0.15, 0.2) is 0 Å². The largest absolute Gasteiger partial charge is 0.380 e. The molecule has 3 aromatic heterocycles. The van der Waals surface area contributed by atoms with Gasteiger partial charge in [-0.2, -0.15) is 0 Å². The Morgan fingerprint density at radius 3 is 2.82 bits per heavy atom. The molecule has 1 saturated carbocycles. The Hall–Kier alpha value is -2.32. The fourth-order valence-corrected chi connectivity index (χ4v) is 5.02. The van der Waals surface area contributed by atoms with Crippen LogP contribution in [0.1, 0.15) is 49.5 Å². The predicted octanol–water partition coefficient (Wildman–Crippen LogP) is 4.05.